The maximum atomic E-state index is 14.2. The minimum Gasteiger partial charge on any atom is -0.508 e. The van der Waals surface area contributed by atoms with E-state index in [1.807, 2.05) is 30.3 Å². The van der Waals surface area contributed by atoms with Gasteiger partial charge in [0.2, 0.25) is 11.8 Å². The zero-order valence-electron chi connectivity index (χ0n) is 24.8. The van der Waals surface area contributed by atoms with E-state index in [2.05, 4.69) is 11.9 Å². The van der Waals surface area contributed by atoms with Crippen molar-refractivity contribution in [3.63, 3.8) is 0 Å². The molecule has 3 aromatic carbocycles. The smallest absolute Gasteiger partial charge is 0.334 e. The summed E-state index contributed by atoms with van der Waals surface area (Å²) in [5.41, 5.74) is 6.15. The largest absolute Gasteiger partial charge is 0.508 e. The molecule has 2 atom stereocenters. The van der Waals surface area contributed by atoms with Gasteiger partial charge in [0.25, 0.3) is 11.6 Å². The Kier molecular flexibility index (Phi) is 9.28. The number of hydrogen-bond acceptors (Lipinski definition) is 8. The van der Waals surface area contributed by atoms with Crippen molar-refractivity contribution in [2.45, 2.75) is 31.7 Å². The average Bonchev–Trinajstić information content (AvgIpc) is 3.03. The zero-order chi connectivity index (χ0) is 33.0. The number of piperazine rings is 1. The summed E-state index contributed by atoms with van der Waals surface area (Å²) in [6.07, 6.45) is 0.608. The van der Waals surface area contributed by atoms with Gasteiger partial charge in [0, 0.05) is 19.5 Å². The van der Waals surface area contributed by atoms with Crippen LogP contribution in [0.25, 0.3) is 0 Å². The predicted octanol–water partition coefficient (Wildman–Crippen LogP) is 2.14. The van der Waals surface area contributed by atoms with Gasteiger partial charge in [0.1, 0.15) is 23.5 Å². The number of phenols is 1. The number of primary amides is 1. The molecule has 2 saturated heterocycles. The lowest BCUT2D eigenvalue weighted by Gasteiger charge is -2.55. The molecule has 0 saturated carbocycles. The van der Waals surface area contributed by atoms with Gasteiger partial charge in [-0.2, -0.15) is 0 Å². The molecule has 2 aliphatic rings. The van der Waals surface area contributed by atoms with Gasteiger partial charge in [0.05, 0.1) is 30.1 Å². The van der Waals surface area contributed by atoms with E-state index in [1.165, 1.54) is 45.1 Å². The maximum Gasteiger partial charge on any atom is 0.334 e. The molecule has 0 radical (unpaired) electrons. The zero-order valence-corrected chi connectivity index (χ0v) is 24.8. The molecule has 14 nitrogen and oxygen atoms in total. The number of para-hydroxylation sites is 1. The molecule has 2 heterocycles. The molecule has 14 heteroatoms. The number of benzene rings is 3. The number of nitrogens with zero attached hydrogens (tertiary/aromatic N) is 5. The van der Waals surface area contributed by atoms with Crippen LogP contribution in [0.2, 0.25) is 0 Å². The van der Waals surface area contributed by atoms with Crippen molar-refractivity contribution >= 4 is 29.4 Å². The number of hydrazine groups is 1. The second-order valence-corrected chi connectivity index (χ2v) is 10.9. The Hall–Kier alpha value is -5.76. The Morgan fingerprint density at radius 2 is 1.76 bits per heavy atom. The van der Waals surface area contributed by atoms with Crippen molar-refractivity contribution in [2.75, 3.05) is 19.6 Å². The van der Waals surface area contributed by atoms with E-state index in [1.54, 1.807) is 23.2 Å². The molecule has 0 spiro atoms. The predicted molar refractivity (Wildman–Crippen MR) is 166 cm³/mol. The third-order valence-corrected chi connectivity index (χ3v) is 7.96. The number of fused-ring (bicyclic) bond motifs is 1. The first-order chi connectivity index (χ1) is 22.1. The number of phenolic OH excluding ortho intramolecular Hbond substituents is 1. The number of nitro benzene ring substituents is 1. The van der Waals surface area contributed by atoms with Crippen LogP contribution in [0.15, 0.2) is 85.5 Å². The number of carbonyl (C=O) groups is 4. The first-order valence-electron chi connectivity index (χ1n) is 14.5. The van der Waals surface area contributed by atoms with Crippen molar-refractivity contribution in [2.24, 2.45) is 5.73 Å². The van der Waals surface area contributed by atoms with Gasteiger partial charge in [-0.15, -0.1) is 6.58 Å². The number of urea groups is 1. The fourth-order valence-corrected chi connectivity index (χ4v) is 5.89. The Labute approximate surface area is 264 Å². The third kappa shape index (κ3) is 6.51. The number of carbonyl (C=O) groups excluding carboxylic acids is 4. The molecule has 2 aliphatic heterocycles. The van der Waals surface area contributed by atoms with E-state index in [-0.39, 0.29) is 56.0 Å². The first-order valence-corrected chi connectivity index (χ1v) is 14.5. The minimum atomic E-state index is -1.09. The van der Waals surface area contributed by atoms with Crippen molar-refractivity contribution < 1.29 is 29.2 Å². The summed E-state index contributed by atoms with van der Waals surface area (Å²) < 4.78 is 0. The van der Waals surface area contributed by atoms with Crippen molar-refractivity contribution in [1.29, 1.82) is 0 Å². The van der Waals surface area contributed by atoms with Crippen LogP contribution in [0.4, 0.5) is 10.5 Å². The number of amides is 5. The molecule has 5 amide bonds. The fraction of sp³-hybridized carbons (Fsp3) is 0.250. The van der Waals surface area contributed by atoms with E-state index in [9.17, 15) is 34.4 Å². The van der Waals surface area contributed by atoms with Crippen LogP contribution >= 0.6 is 0 Å². The monoisotopic (exact) mass is 627 g/mol. The average molecular weight is 628 g/mol. The Balaban J connectivity index is 1.55. The summed E-state index contributed by atoms with van der Waals surface area (Å²) in [5, 5.41) is 27.7. The lowest BCUT2D eigenvalue weighted by atomic mass is 9.97. The Morgan fingerprint density at radius 1 is 1.04 bits per heavy atom. The van der Waals surface area contributed by atoms with Crippen molar-refractivity contribution in [3.05, 3.63) is 118 Å². The fourth-order valence-electron chi connectivity index (χ4n) is 5.89. The number of rotatable bonds is 10. The van der Waals surface area contributed by atoms with Crippen LogP contribution in [0.3, 0.4) is 0 Å². The minimum absolute atomic E-state index is 0.0234. The molecule has 0 bridgehead atoms. The second kappa shape index (κ2) is 13.5. The first kappa shape index (κ1) is 31.7. The lowest BCUT2D eigenvalue weighted by Crippen LogP contribution is -2.76. The van der Waals surface area contributed by atoms with Gasteiger partial charge < -0.3 is 26.0 Å². The summed E-state index contributed by atoms with van der Waals surface area (Å²) in [4.78, 5) is 67.9. The molecular weight excluding hydrogens is 594 g/mol. The Bertz CT molecular complexity index is 1660. The molecule has 46 heavy (non-hydrogen) atoms. The summed E-state index contributed by atoms with van der Waals surface area (Å²) >= 11 is 0. The van der Waals surface area contributed by atoms with Crippen LogP contribution in [-0.4, -0.2) is 85.4 Å². The second-order valence-electron chi connectivity index (χ2n) is 10.9. The molecule has 3 aromatic rings. The standard InChI is InChI=1S/C32H33N7O7/c1-2-15-36-20-28(41)37-26(16-21-11-13-24(40)14-12-21)31(43)35(18-23-9-6-10-25(30(33)42)29(23)39(45)46)19-27(37)38(36)32(44)34-17-22-7-4-3-5-8-22/h2-14,26-27,40H,1,15-20H2,(H2,33,42)(H,34,44). The number of hydrogen-bond donors (Lipinski definition) is 3. The molecule has 2 unspecified atom stereocenters. The molecule has 0 aliphatic carbocycles. The van der Waals surface area contributed by atoms with E-state index in [4.69, 9.17) is 5.73 Å². The highest BCUT2D eigenvalue weighted by molar-refractivity contribution is 5.97. The molecule has 4 N–H and O–H groups in total. The maximum absolute atomic E-state index is 14.2. The molecule has 2 fully saturated rings. The van der Waals surface area contributed by atoms with E-state index in [0.717, 1.165) is 5.56 Å². The lowest BCUT2D eigenvalue weighted by molar-refractivity contribution is -0.386. The quantitative estimate of drug-likeness (QED) is 0.174. The van der Waals surface area contributed by atoms with Gasteiger partial charge in [-0.05, 0) is 29.3 Å². The van der Waals surface area contributed by atoms with E-state index < -0.39 is 46.6 Å². The molecule has 0 aromatic heterocycles. The molecular formula is C32H33N7O7. The van der Waals surface area contributed by atoms with Crippen LogP contribution in [0.5, 0.6) is 5.75 Å². The topological polar surface area (TPSA) is 183 Å². The molecule has 238 valence electrons. The molecule has 5 rings (SSSR count). The summed E-state index contributed by atoms with van der Waals surface area (Å²) in [6.45, 7) is 3.45. The van der Waals surface area contributed by atoms with Gasteiger partial charge in [-0.1, -0.05) is 60.7 Å². The van der Waals surface area contributed by atoms with Gasteiger partial charge >= 0.3 is 6.03 Å². The SMILES string of the molecule is C=CCN1CC(=O)N2C(Cc3ccc(O)cc3)C(=O)N(Cc3cccc(C(N)=O)c3[N+](=O)[O-])CC2N1C(=O)NCc1ccccc1. The number of nitro groups is 1. The Morgan fingerprint density at radius 3 is 2.41 bits per heavy atom. The number of nitrogens with one attached hydrogen (secondary N) is 1. The number of aromatic hydroxyl groups is 1. The van der Waals surface area contributed by atoms with Gasteiger partial charge in [-0.3, -0.25) is 24.5 Å². The van der Waals surface area contributed by atoms with Crippen molar-refractivity contribution in [3.8, 4) is 5.75 Å². The van der Waals surface area contributed by atoms with E-state index in [0.29, 0.717) is 5.56 Å². The van der Waals surface area contributed by atoms with Crippen molar-refractivity contribution in [1.82, 2.24) is 25.1 Å². The highest BCUT2D eigenvalue weighted by Gasteiger charge is 2.51. The highest BCUT2D eigenvalue weighted by atomic mass is 16.6. The normalized spacial score (nSPS) is 18.2. The summed E-state index contributed by atoms with van der Waals surface area (Å²) in [5.74, 6) is -1.86. The van der Waals surface area contributed by atoms with Crippen LogP contribution in [0.1, 0.15) is 27.0 Å². The van der Waals surface area contributed by atoms with Gasteiger partial charge in [-0.25, -0.2) is 14.8 Å². The van der Waals surface area contributed by atoms with Crippen LogP contribution < -0.4 is 11.1 Å². The summed E-state index contributed by atoms with van der Waals surface area (Å²) in [7, 11) is 0. The third-order valence-electron chi connectivity index (χ3n) is 7.96. The van der Waals surface area contributed by atoms with E-state index >= 15 is 0 Å². The van der Waals surface area contributed by atoms with Crippen LogP contribution in [0, 0.1) is 10.1 Å². The van der Waals surface area contributed by atoms with Gasteiger partial charge in [0.15, 0.2) is 0 Å². The summed E-state index contributed by atoms with van der Waals surface area (Å²) in [6, 6.07) is 17.9. The highest BCUT2D eigenvalue weighted by Crippen LogP contribution is 2.32. The van der Waals surface area contributed by atoms with Crippen LogP contribution in [-0.2, 0) is 29.1 Å². The number of nitrogens with two attached hydrogens (primary N) is 1.